The monoisotopic (exact) mass is 575 g/mol. The fourth-order valence-corrected chi connectivity index (χ4v) is 9.28. The van der Waals surface area contributed by atoms with Gasteiger partial charge in [0.15, 0.2) is 29.0 Å². The highest BCUT2D eigenvalue weighted by Gasteiger charge is 2.56. The smallest absolute Gasteiger partial charge is 0.258 e. The summed E-state index contributed by atoms with van der Waals surface area (Å²) in [7, 11) is -13.9. The lowest BCUT2D eigenvalue weighted by molar-refractivity contribution is -0.0361. The van der Waals surface area contributed by atoms with Crippen molar-refractivity contribution in [1.82, 2.24) is 3.71 Å². The van der Waals surface area contributed by atoms with Crippen molar-refractivity contribution in [2.45, 2.75) is 73.7 Å². The molecule has 1 aliphatic heterocycles. The van der Waals surface area contributed by atoms with Crippen LogP contribution in [-0.2, 0) is 33.6 Å². The maximum Gasteiger partial charge on any atom is 0.258 e. The average Bonchev–Trinajstić information content (AvgIpc) is 3.06. The first kappa shape index (κ1) is 29.1. The molecule has 2 aromatic rings. The van der Waals surface area contributed by atoms with Gasteiger partial charge in [-0.3, -0.25) is 0 Å². The molecule has 0 saturated carbocycles. The second-order valence-electron chi connectivity index (χ2n) is 10.5. The molecule has 8 nitrogen and oxygen atoms in total. The Balaban J connectivity index is 2.14. The van der Waals surface area contributed by atoms with Gasteiger partial charge in [-0.15, -0.1) is 0 Å². The third-order valence-corrected chi connectivity index (χ3v) is 11.5. The van der Waals surface area contributed by atoms with Gasteiger partial charge in [0, 0.05) is 0 Å². The molecule has 0 spiro atoms. The molecule has 1 unspecified atom stereocenters. The Morgan fingerprint density at radius 2 is 1.25 bits per heavy atom. The van der Waals surface area contributed by atoms with Gasteiger partial charge in [-0.25, -0.2) is 21.2 Å². The third kappa shape index (κ3) is 6.70. The quantitative estimate of drug-likeness (QED) is 0.392. The van der Waals surface area contributed by atoms with Gasteiger partial charge in [-0.05, 0) is 63.5 Å². The number of hydrogen-bond donors (Lipinski definition) is 0. The average molecular weight is 576 g/mol. The Kier molecular flexibility index (Phi) is 8.67. The van der Waals surface area contributed by atoms with Gasteiger partial charge < -0.3 is 13.6 Å². The van der Waals surface area contributed by atoms with Crippen molar-refractivity contribution in [3.8, 4) is 0 Å². The molecule has 0 aromatic heterocycles. The van der Waals surface area contributed by atoms with Crippen LogP contribution >= 0.6 is 0 Å². The summed E-state index contributed by atoms with van der Waals surface area (Å²) in [4.78, 5) is -0.602. The van der Waals surface area contributed by atoms with Crippen LogP contribution in [0.2, 0.25) is 39.3 Å². The molecule has 0 aliphatic carbocycles. The van der Waals surface area contributed by atoms with E-state index in [2.05, 4.69) is 0 Å². The van der Waals surface area contributed by atoms with Crippen LogP contribution in [0.1, 0.15) is 0 Å². The van der Waals surface area contributed by atoms with Crippen LogP contribution in [0.25, 0.3) is 0 Å². The van der Waals surface area contributed by atoms with Crippen LogP contribution in [0.15, 0.2) is 70.5 Å². The van der Waals surface area contributed by atoms with Gasteiger partial charge >= 0.3 is 0 Å². The fraction of sp³-hybridized carbons (Fsp3) is 0.478. The van der Waals surface area contributed by atoms with Crippen molar-refractivity contribution in [3.05, 3.63) is 60.7 Å². The molecule has 1 fully saturated rings. The number of ether oxygens (including phenoxy) is 1. The molecule has 1 aliphatic rings. The molecule has 1 heterocycles. The van der Waals surface area contributed by atoms with Crippen LogP contribution in [0.4, 0.5) is 4.39 Å². The van der Waals surface area contributed by atoms with E-state index in [1.165, 1.54) is 48.5 Å². The molecule has 3 rings (SSSR count). The SMILES string of the molecule is C[Si](C)(C)OC[C@H]1O[C@H](N(S(=O)(=O)c2ccccc2)S(=O)(=O)c2ccccc2)[C@@H](F)C1O[Si](C)(C)C. The number of hydrogen-bond acceptors (Lipinski definition) is 7. The Morgan fingerprint density at radius 1 is 0.806 bits per heavy atom. The first-order valence-corrected chi connectivity index (χ1v) is 21.2. The van der Waals surface area contributed by atoms with Gasteiger partial charge in [0.1, 0.15) is 12.2 Å². The lowest BCUT2D eigenvalue weighted by Crippen LogP contribution is -2.50. The highest BCUT2D eigenvalue weighted by molar-refractivity contribution is 8.04. The highest BCUT2D eigenvalue weighted by atomic mass is 32.3. The molecular formula is C23H34FNO7S2Si2. The summed E-state index contributed by atoms with van der Waals surface area (Å²) in [5.74, 6) is 0. The second kappa shape index (κ2) is 10.7. The van der Waals surface area contributed by atoms with Gasteiger partial charge in [-0.1, -0.05) is 40.1 Å². The van der Waals surface area contributed by atoms with Crippen LogP contribution in [-0.4, -0.2) is 68.4 Å². The normalized spacial score (nSPS) is 23.8. The largest absolute Gasteiger partial charge is 0.415 e. The van der Waals surface area contributed by atoms with E-state index in [9.17, 15) is 16.8 Å². The summed E-state index contributed by atoms with van der Waals surface area (Å²) < 4.78 is 89.2. The number of alkyl halides is 1. The minimum atomic E-state index is -4.75. The Bertz CT molecular complexity index is 1170. The zero-order chi connectivity index (χ0) is 26.9. The molecule has 36 heavy (non-hydrogen) atoms. The van der Waals surface area contributed by atoms with Crippen molar-refractivity contribution >= 4 is 36.7 Å². The van der Waals surface area contributed by atoms with Crippen LogP contribution in [0, 0.1) is 0 Å². The van der Waals surface area contributed by atoms with E-state index in [4.69, 9.17) is 13.6 Å². The molecule has 13 heteroatoms. The van der Waals surface area contributed by atoms with E-state index in [1.807, 2.05) is 39.3 Å². The standard InChI is InChI=1S/C23H34FNO7S2Si2/c1-35(2,3)30-17-20-22(32-36(4,5)6)21(24)23(31-20)25(33(26,27)18-13-9-7-10-14-18)34(28,29)19-15-11-8-12-16-19/h7-16,20-23H,17H2,1-6H3/t20-,21+,22?,23+/m1/s1. The number of sulfonamides is 2. The van der Waals surface area contributed by atoms with Crippen molar-refractivity contribution in [2.75, 3.05) is 6.61 Å². The zero-order valence-corrected chi connectivity index (χ0v) is 24.9. The summed E-state index contributed by atoms with van der Waals surface area (Å²) in [6.07, 6.45) is -6.25. The molecule has 0 amide bonds. The lowest BCUT2D eigenvalue weighted by Gasteiger charge is -2.29. The Morgan fingerprint density at radius 3 is 1.64 bits per heavy atom. The van der Waals surface area contributed by atoms with Crippen LogP contribution in [0.3, 0.4) is 0 Å². The molecule has 4 atom stereocenters. The number of nitrogens with zero attached hydrogens (tertiary/aromatic N) is 1. The van der Waals surface area contributed by atoms with E-state index in [0.29, 0.717) is 0 Å². The fourth-order valence-electron chi connectivity index (χ4n) is 3.68. The van der Waals surface area contributed by atoms with Crippen molar-refractivity contribution in [1.29, 1.82) is 0 Å². The van der Waals surface area contributed by atoms with E-state index >= 15 is 4.39 Å². The number of rotatable bonds is 10. The van der Waals surface area contributed by atoms with E-state index in [-0.39, 0.29) is 20.1 Å². The van der Waals surface area contributed by atoms with Crippen molar-refractivity contribution in [2.24, 2.45) is 0 Å². The van der Waals surface area contributed by atoms with Crippen molar-refractivity contribution < 1.29 is 34.8 Å². The van der Waals surface area contributed by atoms with E-state index < -0.39 is 61.3 Å². The molecule has 0 bridgehead atoms. The molecule has 0 radical (unpaired) electrons. The van der Waals surface area contributed by atoms with Gasteiger partial charge in [0.25, 0.3) is 20.0 Å². The van der Waals surface area contributed by atoms with Crippen molar-refractivity contribution in [3.63, 3.8) is 0 Å². The van der Waals surface area contributed by atoms with Gasteiger partial charge in [-0.2, -0.15) is 0 Å². The minimum absolute atomic E-state index is 0.0492. The molecular weight excluding hydrogens is 542 g/mol. The maximum absolute atomic E-state index is 16.2. The second-order valence-corrected chi connectivity index (χ2v) is 23.3. The van der Waals surface area contributed by atoms with Gasteiger partial charge in [0.05, 0.1) is 16.4 Å². The molecule has 0 N–H and O–H groups in total. The Labute approximate surface area is 215 Å². The summed E-state index contributed by atoms with van der Waals surface area (Å²) in [6.45, 7) is 11.4. The predicted octanol–water partition coefficient (Wildman–Crippen LogP) is 4.20. The molecule has 2 aromatic carbocycles. The summed E-state index contributed by atoms with van der Waals surface area (Å²) >= 11 is 0. The zero-order valence-electron chi connectivity index (χ0n) is 21.3. The summed E-state index contributed by atoms with van der Waals surface area (Å²) in [5, 5.41) is 0. The first-order valence-electron chi connectivity index (χ1n) is 11.6. The number of halogens is 1. The van der Waals surface area contributed by atoms with E-state index in [1.54, 1.807) is 12.1 Å². The summed E-state index contributed by atoms with van der Waals surface area (Å²) in [6, 6.07) is 14.1. The van der Waals surface area contributed by atoms with Crippen LogP contribution in [0.5, 0.6) is 0 Å². The third-order valence-electron chi connectivity index (χ3n) is 5.20. The number of benzene rings is 2. The summed E-state index contributed by atoms with van der Waals surface area (Å²) in [5.41, 5.74) is 0. The van der Waals surface area contributed by atoms with Gasteiger partial charge in [0.2, 0.25) is 0 Å². The maximum atomic E-state index is 16.2. The highest BCUT2D eigenvalue weighted by Crippen LogP contribution is 2.37. The lowest BCUT2D eigenvalue weighted by atomic mass is 10.1. The van der Waals surface area contributed by atoms with Crippen LogP contribution < -0.4 is 0 Å². The predicted molar refractivity (Wildman–Crippen MR) is 140 cm³/mol. The topological polar surface area (TPSA) is 99.2 Å². The minimum Gasteiger partial charge on any atom is -0.415 e. The van der Waals surface area contributed by atoms with E-state index in [0.717, 1.165) is 0 Å². The Hall–Kier alpha value is -1.46. The first-order chi connectivity index (χ1) is 16.5. The molecule has 1 saturated heterocycles. The molecule has 200 valence electrons.